The van der Waals surface area contributed by atoms with Gasteiger partial charge < -0.3 is 0 Å². The third-order valence-corrected chi connectivity index (χ3v) is 4.12. The van der Waals surface area contributed by atoms with Crippen LogP contribution in [0.4, 0.5) is 0 Å². The van der Waals surface area contributed by atoms with Crippen molar-refractivity contribution in [1.29, 1.82) is 0 Å². The molecule has 0 saturated carbocycles. The van der Waals surface area contributed by atoms with Crippen molar-refractivity contribution < 1.29 is 0 Å². The molecule has 1 aromatic heterocycles. The van der Waals surface area contributed by atoms with E-state index < -0.39 is 0 Å². The minimum Gasteiger partial charge on any atom is -0.244 e. The Morgan fingerprint density at radius 1 is 0.700 bits per heavy atom. The average Bonchev–Trinajstić information content (AvgIpc) is 2.52. The Kier molecular flexibility index (Phi) is 1.73. The molecule has 1 heterocycles. The molecule has 0 N–H and O–H groups in total. The van der Waals surface area contributed by atoms with Crippen molar-refractivity contribution in [3.8, 4) is 0 Å². The number of benzene rings is 4. The van der Waals surface area contributed by atoms with Gasteiger partial charge in [-0.25, -0.2) is 9.97 Å². The van der Waals surface area contributed by atoms with Crippen LogP contribution >= 0.6 is 0 Å². The molecule has 2 heteroatoms. The standard InChI is InChI=1S/C18H10N2/c1-2-11-4-5-13-8-14-9-19-10-20-18(14)15-7-6-12(3-1)16(11)17(13)15/h1-10H. The van der Waals surface area contributed by atoms with E-state index in [1.165, 1.54) is 32.3 Å². The minimum atomic E-state index is 1.03. The van der Waals surface area contributed by atoms with E-state index in [1.807, 2.05) is 6.20 Å². The van der Waals surface area contributed by atoms with Crippen LogP contribution in [0.25, 0.3) is 43.2 Å². The average molecular weight is 254 g/mol. The molecule has 0 unspecified atom stereocenters. The molecule has 0 spiro atoms. The molecule has 0 aliphatic carbocycles. The smallest absolute Gasteiger partial charge is 0.116 e. The molecule has 0 bridgehead atoms. The zero-order valence-electron chi connectivity index (χ0n) is 10.7. The molecule has 0 saturated heterocycles. The van der Waals surface area contributed by atoms with Crippen LogP contribution in [0.1, 0.15) is 0 Å². The van der Waals surface area contributed by atoms with Crippen molar-refractivity contribution >= 4 is 43.2 Å². The Morgan fingerprint density at radius 2 is 1.50 bits per heavy atom. The molecule has 4 aromatic carbocycles. The molecule has 0 amide bonds. The molecular weight excluding hydrogens is 244 g/mol. The van der Waals surface area contributed by atoms with E-state index in [-0.39, 0.29) is 0 Å². The predicted octanol–water partition coefficient (Wildman–Crippen LogP) is 4.53. The summed E-state index contributed by atoms with van der Waals surface area (Å²) in [6.07, 6.45) is 3.51. The van der Waals surface area contributed by atoms with Crippen molar-refractivity contribution in [1.82, 2.24) is 9.97 Å². The van der Waals surface area contributed by atoms with Gasteiger partial charge in [0.2, 0.25) is 0 Å². The zero-order valence-corrected chi connectivity index (χ0v) is 10.7. The monoisotopic (exact) mass is 254 g/mol. The first-order chi connectivity index (χ1) is 9.92. The topological polar surface area (TPSA) is 25.8 Å². The van der Waals surface area contributed by atoms with Crippen LogP contribution < -0.4 is 0 Å². The maximum atomic E-state index is 4.48. The molecule has 0 radical (unpaired) electrons. The van der Waals surface area contributed by atoms with Crippen LogP contribution in [-0.4, -0.2) is 9.97 Å². The van der Waals surface area contributed by atoms with Gasteiger partial charge in [0.15, 0.2) is 0 Å². The predicted molar refractivity (Wildman–Crippen MR) is 83.2 cm³/mol. The molecule has 0 fully saturated rings. The van der Waals surface area contributed by atoms with Crippen LogP contribution in [-0.2, 0) is 0 Å². The Labute approximate surface area is 115 Å². The third-order valence-electron chi connectivity index (χ3n) is 4.12. The normalized spacial score (nSPS) is 12.0. The molecule has 92 valence electrons. The van der Waals surface area contributed by atoms with Crippen LogP contribution in [0.2, 0.25) is 0 Å². The first kappa shape index (κ1) is 10.1. The number of rotatable bonds is 0. The second-order valence-corrected chi connectivity index (χ2v) is 5.19. The van der Waals surface area contributed by atoms with Gasteiger partial charge in [-0.3, -0.25) is 0 Å². The molecule has 0 atom stereocenters. The highest BCUT2D eigenvalue weighted by atomic mass is 14.8. The van der Waals surface area contributed by atoms with Crippen LogP contribution in [0.3, 0.4) is 0 Å². The highest BCUT2D eigenvalue weighted by molar-refractivity contribution is 6.28. The van der Waals surface area contributed by atoms with Crippen molar-refractivity contribution in [2.75, 3.05) is 0 Å². The van der Waals surface area contributed by atoms with E-state index in [4.69, 9.17) is 0 Å². The SMILES string of the molecule is c1cc2ccc3cc4cncnc4c4ccc(c1)c2c34. The van der Waals surface area contributed by atoms with Crippen molar-refractivity contribution in [2.24, 2.45) is 0 Å². The second-order valence-electron chi connectivity index (χ2n) is 5.19. The Bertz CT molecular complexity index is 1080. The van der Waals surface area contributed by atoms with Gasteiger partial charge in [0, 0.05) is 17.0 Å². The Balaban J connectivity index is 2.23. The summed E-state index contributed by atoms with van der Waals surface area (Å²) in [5.74, 6) is 0. The lowest BCUT2D eigenvalue weighted by atomic mass is 9.93. The van der Waals surface area contributed by atoms with Gasteiger partial charge in [0.25, 0.3) is 0 Å². The number of fused-ring (bicyclic) bond motifs is 2. The molecule has 0 aliphatic heterocycles. The summed E-state index contributed by atoms with van der Waals surface area (Å²) in [4.78, 5) is 8.61. The van der Waals surface area contributed by atoms with Gasteiger partial charge in [-0.15, -0.1) is 0 Å². The summed E-state index contributed by atoms with van der Waals surface area (Å²) in [5.41, 5.74) is 1.03. The van der Waals surface area contributed by atoms with Gasteiger partial charge >= 0.3 is 0 Å². The molecular formula is C18H10N2. The summed E-state index contributed by atoms with van der Waals surface area (Å²) in [6, 6.07) is 17.4. The quantitative estimate of drug-likeness (QED) is 0.300. The Hall–Kier alpha value is -2.74. The second kappa shape index (κ2) is 3.42. The molecule has 5 rings (SSSR count). The molecule has 5 aromatic rings. The van der Waals surface area contributed by atoms with Crippen molar-refractivity contribution in [3.05, 3.63) is 61.1 Å². The minimum absolute atomic E-state index is 1.03. The van der Waals surface area contributed by atoms with Gasteiger partial charge in [-0.2, -0.15) is 0 Å². The van der Waals surface area contributed by atoms with E-state index >= 15 is 0 Å². The van der Waals surface area contributed by atoms with Gasteiger partial charge in [-0.1, -0.05) is 42.5 Å². The van der Waals surface area contributed by atoms with Crippen LogP contribution in [0.15, 0.2) is 61.1 Å². The maximum absolute atomic E-state index is 4.48. The fraction of sp³-hybridized carbons (Fsp3) is 0. The lowest BCUT2D eigenvalue weighted by molar-refractivity contribution is 1.23. The summed E-state index contributed by atoms with van der Waals surface area (Å²) < 4.78 is 0. The maximum Gasteiger partial charge on any atom is 0.116 e. The molecule has 0 aliphatic rings. The number of hydrogen-bond donors (Lipinski definition) is 0. The number of nitrogens with zero attached hydrogens (tertiary/aromatic N) is 2. The van der Waals surface area contributed by atoms with Crippen LogP contribution in [0.5, 0.6) is 0 Å². The van der Waals surface area contributed by atoms with Crippen LogP contribution in [0, 0.1) is 0 Å². The van der Waals surface area contributed by atoms with Gasteiger partial charge in [0.05, 0.1) is 5.52 Å². The third kappa shape index (κ3) is 1.14. The van der Waals surface area contributed by atoms with Gasteiger partial charge in [-0.05, 0) is 33.0 Å². The summed E-state index contributed by atoms with van der Waals surface area (Å²) >= 11 is 0. The number of aromatic nitrogens is 2. The zero-order chi connectivity index (χ0) is 13.1. The highest BCUT2D eigenvalue weighted by Gasteiger charge is 2.10. The molecule has 20 heavy (non-hydrogen) atoms. The first-order valence-corrected chi connectivity index (χ1v) is 6.68. The summed E-state index contributed by atoms with van der Waals surface area (Å²) in [6.45, 7) is 0. The molecule has 2 nitrogen and oxygen atoms in total. The van der Waals surface area contributed by atoms with E-state index in [0.717, 1.165) is 10.9 Å². The lowest BCUT2D eigenvalue weighted by Gasteiger charge is -2.11. The van der Waals surface area contributed by atoms with E-state index in [1.54, 1.807) is 6.33 Å². The largest absolute Gasteiger partial charge is 0.244 e. The van der Waals surface area contributed by atoms with E-state index in [9.17, 15) is 0 Å². The first-order valence-electron chi connectivity index (χ1n) is 6.68. The van der Waals surface area contributed by atoms with E-state index in [0.29, 0.717) is 0 Å². The van der Waals surface area contributed by atoms with Crippen molar-refractivity contribution in [2.45, 2.75) is 0 Å². The Morgan fingerprint density at radius 3 is 2.40 bits per heavy atom. The lowest BCUT2D eigenvalue weighted by Crippen LogP contribution is -1.87. The van der Waals surface area contributed by atoms with Gasteiger partial charge in [0.1, 0.15) is 6.33 Å². The van der Waals surface area contributed by atoms with Crippen molar-refractivity contribution in [3.63, 3.8) is 0 Å². The van der Waals surface area contributed by atoms with E-state index in [2.05, 4.69) is 58.5 Å². The highest BCUT2D eigenvalue weighted by Crippen LogP contribution is 2.37. The number of hydrogen-bond acceptors (Lipinski definition) is 2. The summed E-state index contributed by atoms with van der Waals surface area (Å²) in [5, 5.41) is 8.78. The fourth-order valence-corrected chi connectivity index (χ4v) is 3.27. The fourth-order valence-electron chi connectivity index (χ4n) is 3.27. The summed E-state index contributed by atoms with van der Waals surface area (Å²) in [7, 11) is 0.